The molecule has 8 nitrogen and oxygen atoms in total. The summed E-state index contributed by atoms with van der Waals surface area (Å²) in [6.07, 6.45) is 2.28. The molecule has 0 bridgehead atoms. The van der Waals surface area contributed by atoms with Crippen molar-refractivity contribution in [2.45, 2.75) is 25.3 Å². The average molecular weight is 442 g/mol. The molecule has 9 heteroatoms. The number of carbonyl (C=O) groups is 1. The summed E-state index contributed by atoms with van der Waals surface area (Å²) in [5, 5.41) is 17.6. The molecule has 2 saturated heterocycles. The predicted molar refractivity (Wildman–Crippen MR) is 123 cm³/mol. The molecule has 0 aromatic heterocycles. The molecule has 0 spiro atoms. The van der Waals surface area contributed by atoms with E-state index in [1.54, 1.807) is 0 Å². The molecule has 1 atom stereocenters. The Morgan fingerprint density at radius 2 is 1.75 bits per heavy atom. The minimum Gasteiger partial charge on any atom is -0.370 e. The summed E-state index contributed by atoms with van der Waals surface area (Å²) in [5.41, 5.74) is 2.06. The Labute approximate surface area is 186 Å². The molecular formula is C23H28FN5O3. The number of anilines is 3. The van der Waals surface area contributed by atoms with Gasteiger partial charge in [-0.2, -0.15) is 0 Å². The fraction of sp³-hybridized carbons (Fsp3) is 0.435. The molecule has 32 heavy (non-hydrogen) atoms. The first-order valence-electron chi connectivity index (χ1n) is 11.0. The maximum atomic E-state index is 13.4. The van der Waals surface area contributed by atoms with Gasteiger partial charge in [-0.25, -0.2) is 4.39 Å². The second-order valence-electron chi connectivity index (χ2n) is 8.41. The number of nitro groups is 1. The highest BCUT2D eigenvalue weighted by molar-refractivity contribution is 5.93. The zero-order valence-corrected chi connectivity index (χ0v) is 18.1. The van der Waals surface area contributed by atoms with Crippen molar-refractivity contribution in [3.63, 3.8) is 0 Å². The van der Waals surface area contributed by atoms with Gasteiger partial charge >= 0.3 is 0 Å². The molecule has 2 aromatic rings. The van der Waals surface area contributed by atoms with Crippen LogP contribution in [0.25, 0.3) is 0 Å². The van der Waals surface area contributed by atoms with Crippen LogP contribution in [0.2, 0.25) is 0 Å². The topological polar surface area (TPSA) is 90.8 Å². The van der Waals surface area contributed by atoms with Crippen molar-refractivity contribution in [3.8, 4) is 0 Å². The van der Waals surface area contributed by atoms with E-state index in [1.807, 2.05) is 36.2 Å². The lowest BCUT2D eigenvalue weighted by Crippen LogP contribution is -2.38. The number of nitrogens with zero attached hydrogens (tertiary/aromatic N) is 3. The van der Waals surface area contributed by atoms with E-state index < -0.39 is 10.7 Å². The van der Waals surface area contributed by atoms with E-state index in [9.17, 15) is 19.3 Å². The number of amides is 1. The molecule has 2 aliphatic heterocycles. The zero-order valence-electron chi connectivity index (χ0n) is 18.1. The maximum Gasteiger partial charge on any atom is 0.295 e. The quantitative estimate of drug-likeness (QED) is 0.528. The van der Waals surface area contributed by atoms with E-state index in [1.165, 1.54) is 12.1 Å². The lowest BCUT2D eigenvalue weighted by atomic mass is 9.95. The highest BCUT2D eigenvalue weighted by atomic mass is 19.1. The number of hydrogen-bond donors (Lipinski definition) is 2. The highest BCUT2D eigenvalue weighted by Gasteiger charge is 2.29. The fourth-order valence-corrected chi connectivity index (χ4v) is 4.52. The van der Waals surface area contributed by atoms with Crippen molar-refractivity contribution >= 4 is 28.7 Å². The van der Waals surface area contributed by atoms with Crippen LogP contribution < -0.4 is 20.4 Å². The van der Waals surface area contributed by atoms with Gasteiger partial charge in [-0.1, -0.05) is 0 Å². The Balaban J connectivity index is 1.32. The van der Waals surface area contributed by atoms with Crippen LogP contribution in [0.5, 0.6) is 0 Å². The van der Waals surface area contributed by atoms with Crippen molar-refractivity contribution in [2.75, 3.05) is 48.3 Å². The fourth-order valence-electron chi connectivity index (χ4n) is 4.52. The third-order valence-corrected chi connectivity index (χ3v) is 6.44. The third kappa shape index (κ3) is 4.83. The normalized spacial score (nSPS) is 19.2. The molecule has 2 N–H and O–H groups in total. The van der Waals surface area contributed by atoms with Gasteiger partial charge in [-0.05, 0) is 62.7 Å². The number of nitrogens with one attached hydrogen (secondary N) is 2. The molecule has 0 aliphatic carbocycles. The van der Waals surface area contributed by atoms with Crippen LogP contribution in [0.15, 0.2) is 42.5 Å². The van der Waals surface area contributed by atoms with Gasteiger partial charge in [-0.3, -0.25) is 14.9 Å². The summed E-state index contributed by atoms with van der Waals surface area (Å²) in [4.78, 5) is 27.6. The maximum absolute atomic E-state index is 13.4. The molecule has 1 amide bonds. The number of benzene rings is 2. The standard InChI is InChI=1S/C23H28FN5O3/c1-25-19-10-13-28(15-19)20-5-3-18(4-6-20)26-23(30)16-8-11-27(12-9-16)21-7-2-17(24)14-22(21)29(31)32/h2-7,14,16,19,25H,8-13,15H2,1H3,(H,26,30). The second-order valence-corrected chi connectivity index (χ2v) is 8.41. The second kappa shape index (κ2) is 9.52. The summed E-state index contributed by atoms with van der Waals surface area (Å²) < 4.78 is 13.4. The van der Waals surface area contributed by atoms with E-state index in [2.05, 4.69) is 15.5 Å². The van der Waals surface area contributed by atoms with E-state index in [0.717, 1.165) is 37.0 Å². The van der Waals surface area contributed by atoms with E-state index in [4.69, 9.17) is 0 Å². The largest absolute Gasteiger partial charge is 0.370 e. The molecule has 1 unspecified atom stereocenters. The zero-order chi connectivity index (χ0) is 22.7. The number of hydrogen-bond acceptors (Lipinski definition) is 6. The minimum atomic E-state index is -0.632. The number of carbonyl (C=O) groups excluding carboxylic acids is 1. The van der Waals surface area contributed by atoms with Crippen LogP contribution >= 0.6 is 0 Å². The number of halogens is 1. The van der Waals surface area contributed by atoms with Crippen molar-refractivity contribution < 1.29 is 14.1 Å². The van der Waals surface area contributed by atoms with Gasteiger partial charge in [-0.15, -0.1) is 0 Å². The Morgan fingerprint density at radius 1 is 1.06 bits per heavy atom. The first-order valence-corrected chi connectivity index (χ1v) is 11.0. The summed E-state index contributed by atoms with van der Waals surface area (Å²) in [5.74, 6) is -0.838. The van der Waals surface area contributed by atoms with Crippen LogP contribution in [-0.2, 0) is 4.79 Å². The van der Waals surface area contributed by atoms with Gasteiger partial charge in [0.2, 0.25) is 5.91 Å². The first kappa shape index (κ1) is 22.0. The minimum absolute atomic E-state index is 0.0394. The monoisotopic (exact) mass is 441 g/mol. The Kier molecular flexibility index (Phi) is 6.55. The van der Waals surface area contributed by atoms with Crippen LogP contribution in [0.4, 0.5) is 27.1 Å². The molecule has 0 saturated carbocycles. The van der Waals surface area contributed by atoms with Gasteiger partial charge < -0.3 is 20.4 Å². The van der Waals surface area contributed by atoms with Crippen LogP contribution in [-0.4, -0.2) is 50.1 Å². The molecular weight excluding hydrogens is 413 g/mol. The summed E-state index contributed by atoms with van der Waals surface area (Å²) in [6.45, 7) is 3.01. The van der Waals surface area contributed by atoms with Crippen molar-refractivity contribution in [3.05, 3.63) is 58.4 Å². The van der Waals surface area contributed by atoms with Crippen molar-refractivity contribution in [1.82, 2.24) is 5.32 Å². The Morgan fingerprint density at radius 3 is 2.38 bits per heavy atom. The molecule has 170 valence electrons. The van der Waals surface area contributed by atoms with E-state index >= 15 is 0 Å². The highest BCUT2D eigenvalue weighted by Crippen LogP contribution is 2.32. The van der Waals surface area contributed by atoms with Crippen LogP contribution in [0.1, 0.15) is 19.3 Å². The van der Waals surface area contributed by atoms with Gasteiger partial charge in [0, 0.05) is 49.5 Å². The summed E-state index contributed by atoms with van der Waals surface area (Å²) in [7, 11) is 1.98. The van der Waals surface area contributed by atoms with Crippen molar-refractivity contribution in [1.29, 1.82) is 0 Å². The number of piperidine rings is 1. The predicted octanol–water partition coefficient (Wildman–Crippen LogP) is 3.39. The van der Waals surface area contributed by atoms with E-state index in [0.29, 0.717) is 37.7 Å². The smallest absolute Gasteiger partial charge is 0.295 e. The van der Waals surface area contributed by atoms with Crippen LogP contribution in [0, 0.1) is 21.8 Å². The molecule has 2 aliphatic rings. The number of likely N-dealkylation sites (N-methyl/N-ethyl adjacent to an activating group) is 1. The number of nitro benzene ring substituents is 1. The lowest BCUT2D eigenvalue weighted by Gasteiger charge is -2.32. The molecule has 0 radical (unpaired) electrons. The first-order chi connectivity index (χ1) is 15.4. The SMILES string of the molecule is CNC1CCN(c2ccc(NC(=O)C3CCN(c4ccc(F)cc4[N+](=O)[O-])CC3)cc2)C1. The molecule has 2 heterocycles. The van der Waals surface area contributed by atoms with E-state index in [-0.39, 0.29) is 17.5 Å². The molecule has 2 aromatic carbocycles. The van der Waals surface area contributed by atoms with Gasteiger partial charge in [0.05, 0.1) is 11.0 Å². The molecule has 2 fully saturated rings. The van der Waals surface area contributed by atoms with Crippen LogP contribution in [0.3, 0.4) is 0 Å². The third-order valence-electron chi connectivity index (χ3n) is 6.44. The lowest BCUT2D eigenvalue weighted by molar-refractivity contribution is -0.384. The van der Waals surface area contributed by atoms with Gasteiger partial charge in [0.25, 0.3) is 5.69 Å². The average Bonchev–Trinajstić information content (AvgIpc) is 3.29. The summed E-state index contributed by atoms with van der Waals surface area (Å²) >= 11 is 0. The number of rotatable bonds is 6. The van der Waals surface area contributed by atoms with Gasteiger partial charge in [0.1, 0.15) is 11.5 Å². The molecule has 4 rings (SSSR count). The Bertz CT molecular complexity index is 976. The Hall–Kier alpha value is -3.20. The van der Waals surface area contributed by atoms with Crippen molar-refractivity contribution in [2.24, 2.45) is 5.92 Å². The van der Waals surface area contributed by atoms with Gasteiger partial charge in [0.15, 0.2) is 0 Å². The summed E-state index contributed by atoms with van der Waals surface area (Å²) in [6, 6.07) is 12.0.